The normalized spacial score (nSPS) is 19.4. The van der Waals surface area contributed by atoms with E-state index in [0.29, 0.717) is 73.4 Å². The van der Waals surface area contributed by atoms with Gasteiger partial charge < -0.3 is 23.7 Å². The molecule has 6 aliphatic rings. The predicted octanol–water partition coefficient (Wildman–Crippen LogP) is 11.4. The fourth-order valence-electron chi connectivity index (χ4n) is 11.4. The number of hydrogen-bond acceptors (Lipinski definition) is 11. The lowest BCUT2D eigenvalue weighted by atomic mass is 9.72. The molecule has 9 nitrogen and oxygen atoms in total. The zero-order valence-electron chi connectivity index (χ0n) is 50.4. The Hall–Kier alpha value is -6.60. The number of carbonyl (C=O) groups excluding carboxylic acids is 4. The number of allylic oxidation sites excluding steroid dienone is 16. The maximum absolute atomic E-state index is 15.3. The molecule has 83 heavy (non-hydrogen) atoms. The number of ether oxygens (including phenoxy) is 5. The van der Waals surface area contributed by atoms with E-state index in [-0.39, 0.29) is 83.7 Å². The Kier molecular flexibility index (Phi) is 17.1. The highest BCUT2D eigenvalue weighted by Gasteiger charge is 2.36. The van der Waals surface area contributed by atoms with Crippen molar-refractivity contribution in [3.05, 3.63) is 194 Å². The highest BCUT2D eigenvalue weighted by molar-refractivity contribution is 7.08. The van der Waals surface area contributed by atoms with Gasteiger partial charge >= 0.3 is 0 Å². The van der Waals surface area contributed by atoms with Gasteiger partial charge in [0.2, 0.25) is 0 Å². The number of hydrogen-bond donors (Lipinski definition) is 0. The monoisotopic (exact) mass is 1150 g/mol. The van der Waals surface area contributed by atoms with Crippen molar-refractivity contribution in [1.82, 2.24) is 0 Å². The summed E-state index contributed by atoms with van der Waals surface area (Å²) < 4.78 is 35.5. The van der Waals surface area contributed by atoms with E-state index in [1.807, 2.05) is 60.7 Å². The Morgan fingerprint density at radius 1 is 0.313 bits per heavy atom. The Bertz CT molecular complexity index is 3460. The van der Waals surface area contributed by atoms with Crippen LogP contribution in [0.5, 0.6) is 11.5 Å². The molecule has 0 unspecified atom stereocenters. The summed E-state index contributed by atoms with van der Waals surface area (Å²) in [4.78, 5) is 58.5. The molecular formula is C72H78O9S2. The number of thiophene rings is 2. The highest BCUT2D eigenvalue weighted by Crippen LogP contribution is 2.42. The van der Waals surface area contributed by atoms with Crippen molar-refractivity contribution in [3.8, 4) is 11.5 Å². The minimum Gasteiger partial charge on any atom is -0.491 e. The summed E-state index contributed by atoms with van der Waals surface area (Å²) >= 11 is 3.30. The third-order valence-electron chi connectivity index (χ3n) is 15.8. The third kappa shape index (κ3) is 13.2. The lowest BCUT2D eigenvalue weighted by Gasteiger charge is -2.31. The first-order valence-corrected chi connectivity index (χ1v) is 30.7. The van der Waals surface area contributed by atoms with Gasteiger partial charge in [-0.15, -0.1) is 22.7 Å². The number of fused-ring (bicyclic) bond motifs is 2. The van der Waals surface area contributed by atoms with Gasteiger partial charge in [0.1, 0.15) is 24.7 Å². The minimum absolute atomic E-state index is 0.0601. The number of ketones is 4. The van der Waals surface area contributed by atoms with Crippen molar-refractivity contribution in [1.29, 1.82) is 0 Å². The molecule has 2 aromatic heterocycles. The summed E-state index contributed by atoms with van der Waals surface area (Å²) in [5.41, 5.74) is 11.3. The minimum atomic E-state index is -0.357. The molecule has 432 valence electrons. The quantitative estimate of drug-likeness (QED) is 0.170. The molecule has 0 radical (unpaired) electrons. The second-order valence-electron chi connectivity index (χ2n) is 26.4. The second kappa shape index (κ2) is 23.8. The van der Waals surface area contributed by atoms with Crippen LogP contribution in [0.25, 0.3) is 22.3 Å². The van der Waals surface area contributed by atoms with Gasteiger partial charge in [0.15, 0.2) is 23.1 Å². The Labute approximate surface area is 497 Å². The van der Waals surface area contributed by atoms with Gasteiger partial charge in [-0.3, -0.25) is 19.2 Å². The molecule has 1 aliphatic heterocycles. The maximum Gasteiger partial charge on any atom is 0.186 e. The van der Waals surface area contributed by atoms with Crippen LogP contribution in [0.4, 0.5) is 0 Å². The molecule has 4 aromatic rings. The first-order valence-electron chi connectivity index (χ1n) is 29.1. The molecule has 10 rings (SSSR count). The summed E-state index contributed by atoms with van der Waals surface area (Å²) in [6, 6.07) is 20.6. The summed E-state index contributed by atoms with van der Waals surface area (Å²) in [5, 5.41) is 0. The van der Waals surface area contributed by atoms with Crippen LogP contribution >= 0.6 is 22.7 Å². The van der Waals surface area contributed by atoms with Gasteiger partial charge in [-0.1, -0.05) is 119 Å². The molecule has 0 saturated heterocycles. The van der Waals surface area contributed by atoms with E-state index in [0.717, 1.165) is 85.0 Å². The third-order valence-corrected chi connectivity index (χ3v) is 18.2. The Balaban J connectivity index is 1.18. The predicted molar refractivity (Wildman–Crippen MR) is 334 cm³/mol. The molecule has 0 N–H and O–H groups in total. The van der Waals surface area contributed by atoms with Crippen molar-refractivity contribution in [2.75, 3.05) is 52.9 Å². The molecular weight excluding hydrogens is 1070 g/mol. The summed E-state index contributed by atoms with van der Waals surface area (Å²) in [7, 11) is 0. The van der Waals surface area contributed by atoms with E-state index < -0.39 is 0 Å². The molecule has 11 heteroatoms. The van der Waals surface area contributed by atoms with Crippen LogP contribution in [0.1, 0.15) is 105 Å². The van der Waals surface area contributed by atoms with Crippen molar-refractivity contribution in [2.24, 2.45) is 21.7 Å². The van der Waals surface area contributed by atoms with Crippen molar-refractivity contribution >= 4 is 68.1 Å². The van der Waals surface area contributed by atoms with Crippen LogP contribution in [0.3, 0.4) is 0 Å². The van der Waals surface area contributed by atoms with E-state index in [1.165, 1.54) is 0 Å². The van der Waals surface area contributed by atoms with Gasteiger partial charge in [-0.05, 0) is 139 Å². The van der Waals surface area contributed by atoms with Crippen LogP contribution in [-0.2, 0) is 59.1 Å². The van der Waals surface area contributed by atoms with E-state index in [4.69, 9.17) is 23.7 Å². The fourth-order valence-corrected chi connectivity index (χ4v) is 13.3. The number of Topliss-reactive ketones (excluding diaryl/α,β-unsaturated/α-hetero) is 4. The SMILES string of the molecule is CC(C)(C)C1=CC(=c2ccc(=C3C=C4Cc5cccc6c5OCCOCCOCCOCCOc5c(cccc5CC5=CC(=c7ccc(=C8C=C(C(C)(C)C)C(=O)C(C(C)(C)C)=C8)s7)C=C(C6)C5=O)CC(=C3)C4=O)s2)C=C(C(C)(C)C)C1=O. The maximum atomic E-state index is 15.3. The van der Waals surface area contributed by atoms with Crippen molar-refractivity contribution in [2.45, 2.75) is 109 Å². The molecule has 5 aliphatic carbocycles. The summed E-state index contributed by atoms with van der Waals surface area (Å²) in [6.45, 7) is 27.7. The Morgan fingerprint density at radius 3 is 0.807 bits per heavy atom. The van der Waals surface area contributed by atoms with Crippen molar-refractivity contribution in [3.63, 3.8) is 0 Å². The van der Waals surface area contributed by atoms with Crippen LogP contribution in [0.2, 0.25) is 0 Å². The fraction of sp³-hybridized carbons (Fsp3) is 0.389. The standard InChI is InChI=1S/C72H78O9S2/c1-69(2,3)55-39-49(40-56(65(55)75)70(4,5)6)61-21-19-59(82-61)47-35-51-31-43-15-13-17-45-33-53-37-48(60-20-22-62(83-60)50-41-57(71(7,8)9)66(76)58(42-50)72(10,11)12)38-54(64(53)74)34-46-18-14-16-44(32-52(36-47)63(51)73)68(46)81-30-28-79-26-24-77-23-25-78-27-29-80-67(43)45/h13-22,35-42H,23-34H2,1-12H3. The van der Waals surface area contributed by atoms with E-state index in [1.54, 1.807) is 22.7 Å². The molecule has 0 amide bonds. The van der Waals surface area contributed by atoms with Gasteiger partial charge in [0.05, 0.1) is 39.6 Å². The molecule has 2 aromatic carbocycles. The molecule has 3 heterocycles. The van der Waals surface area contributed by atoms with Gasteiger partial charge in [-0.25, -0.2) is 0 Å². The lowest BCUT2D eigenvalue weighted by molar-refractivity contribution is -0.114. The Morgan fingerprint density at radius 2 is 0.554 bits per heavy atom. The van der Waals surface area contributed by atoms with Crippen LogP contribution in [0.15, 0.2) is 154 Å². The van der Waals surface area contributed by atoms with Crippen LogP contribution in [-0.4, -0.2) is 76.0 Å². The molecule has 0 fully saturated rings. The number of rotatable bonds is 0. The molecule has 10 bridgehead atoms. The van der Waals surface area contributed by atoms with E-state index in [9.17, 15) is 9.59 Å². The lowest BCUT2D eigenvalue weighted by Crippen LogP contribution is -2.28. The molecule has 0 spiro atoms. The van der Waals surface area contributed by atoms with Gasteiger partial charge in [0, 0.05) is 88.4 Å². The van der Waals surface area contributed by atoms with Gasteiger partial charge in [-0.2, -0.15) is 0 Å². The van der Waals surface area contributed by atoms with E-state index in [2.05, 4.69) is 132 Å². The molecule has 0 saturated carbocycles. The zero-order valence-corrected chi connectivity index (χ0v) is 52.0. The smallest absolute Gasteiger partial charge is 0.186 e. The average Bonchev–Trinajstić information content (AvgIpc) is 4.11. The average molecular weight is 1150 g/mol. The summed E-state index contributed by atoms with van der Waals surface area (Å²) in [5.74, 6) is 1.30. The first-order chi connectivity index (χ1) is 39.3. The topological polar surface area (TPSA) is 114 Å². The van der Waals surface area contributed by atoms with E-state index >= 15 is 9.59 Å². The van der Waals surface area contributed by atoms with Crippen LogP contribution < -0.4 is 27.6 Å². The zero-order chi connectivity index (χ0) is 59.2. The number of benzene rings is 2. The molecule has 0 atom stereocenters. The number of carbonyl (C=O) groups is 4. The first kappa shape index (κ1) is 59.6. The second-order valence-corrected chi connectivity index (χ2v) is 28.6. The largest absolute Gasteiger partial charge is 0.491 e. The van der Waals surface area contributed by atoms with Crippen molar-refractivity contribution < 1.29 is 42.9 Å². The van der Waals surface area contributed by atoms with Crippen LogP contribution in [0, 0.1) is 21.7 Å². The highest BCUT2D eigenvalue weighted by atomic mass is 32.1. The van der Waals surface area contributed by atoms with Gasteiger partial charge in [0.25, 0.3) is 0 Å². The number of para-hydroxylation sites is 2. The summed E-state index contributed by atoms with van der Waals surface area (Å²) in [6.07, 6.45) is 17.4.